The lowest BCUT2D eigenvalue weighted by Crippen LogP contribution is -2.63. The second-order valence-corrected chi connectivity index (χ2v) is 21.3. The zero-order valence-corrected chi connectivity index (χ0v) is 42.6. The Morgan fingerprint density at radius 2 is 0.881 bits per heavy atom. The van der Waals surface area contributed by atoms with E-state index in [1.165, 1.54) is 96.3 Å². The number of hydrogen-bond donors (Lipinski definition) is 6. The first kappa shape index (κ1) is 63.4. The third-order valence-electron chi connectivity index (χ3n) is 11.1. The molecular formula is C41H80N2O20S4. The van der Waals surface area contributed by atoms with Crippen LogP contribution in [0.15, 0.2) is 0 Å². The molecule has 6 N–H and O–H groups in total. The topological polar surface area (TPSA) is 331 Å². The van der Waals surface area contributed by atoms with E-state index in [0.29, 0.717) is 12.8 Å². The first-order valence-electron chi connectivity index (χ1n) is 24.0. The largest absolute Gasteiger partial charge is 0.397 e. The van der Waals surface area contributed by atoms with Crippen LogP contribution in [0, 0.1) is 0 Å². The highest BCUT2D eigenvalue weighted by molar-refractivity contribution is 7.81. The lowest BCUT2D eigenvalue weighted by atomic mass is 9.99. The average Bonchev–Trinajstić information content (AvgIpc) is 3.22. The van der Waals surface area contributed by atoms with Crippen LogP contribution >= 0.6 is 0 Å². The van der Waals surface area contributed by atoms with Crippen molar-refractivity contribution in [2.45, 2.75) is 230 Å². The molecule has 1 saturated heterocycles. The number of rotatable bonds is 43. The molecule has 398 valence electrons. The molecule has 1 fully saturated rings. The number of carbonyl (C=O) groups excluding carboxylic acids is 2. The summed E-state index contributed by atoms with van der Waals surface area (Å²) in [5, 5.41) is 5.22. The minimum atomic E-state index is -5.76. The van der Waals surface area contributed by atoms with E-state index >= 15 is 0 Å². The van der Waals surface area contributed by atoms with Crippen LogP contribution in [0.3, 0.4) is 0 Å². The number of ether oxygens (including phenoxy) is 2. The molecule has 26 heteroatoms. The summed E-state index contributed by atoms with van der Waals surface area (Å²) in [4.78, 5) is 26.7. The van der Waals surface area contributed by atoms with Gasteiger partial charge in [0.15, 0.2) is 12.4 Å². The SMILES string of the molecule is CCCCCCCCCCCCCCCCCC(=O)N[C@@H](CO[C@@H]1O[C@H](COS(=O)(=O)O)[C@@H](OS(=O)(=O)O)[C@H](OS(=O)(=O)O)[C@H]1OS(=O)(=O)O)C(=O)NCCCCCCCCCCCCCC. The van der Waals surface area contributed by atoms with Gasteiger partial charge in [0.25, 0.3) is 0 Å². The second kappa shape index (κ2) is 35.4. The smallest absolute Gasteiger partial charge is 0.354 e. The maximum Gasteiger partial charge on any atom is 0.397 e. The van der Waals surface area contributed by atoms with Gasteiger partial charge in [-0.2, -0.15) is 33.7 Å². The second-order valence-electron chi connectivity index (χ2n) is 17.1. The van der Waals surface area contributed by atoms with Crippen molar-refractivity contribution in [3.05, 3.63) is 0 Å². The van der Waals surface area contributed by atoms with Gasteiger partial charge in [0.1, 0.15) is 24.4 Å². The Bertz CT molecular complexity index is 1790. The average molecular weight is 1050 g/mol. The lowest BCUT2D eigenvalue weighted by molar-refractivity contribution is -0.287. The van der Waals surface area contributed by atoms with Crippen molar-refractivity contribution >= 4 is 53.4 Å². The summed E-state index contributed by atoms with van der Waals surface area (Å²) >= 11 is 0. The fourth-order valence-electron chi connectivity index (χ4n) is 7.65. The maximum atomic E-state index is 13.5. The van der Waals surface area contributed by atoms with E-state index < -0.39 is 103 Å². The van der Waals surface area contributed by atoms with Gasteiger partial charge in [0.05, 0.1) is 13.2 Å². The molecule has 67 heavy (non-hydrogen) atoms. The maximum absolute atomic E-state index is 13.5. The normalized spacial score (nSPS) is 19.9. The van der Waals surface area contributed by atoms with Crippen molar-refractivity contribution in [1.82, 2.24) is 10.6 Å². The highest BCUT2D eigenvalue weighted by Gasteiger charge is 2.54. The van der Waals surface area contributed by atoms with Crippen molar-refractivity contribution in [2.75, 3.05) is 19.8 Å². The van der Waals surface area contributed by atoms with Crippen molar-refractivity contribution in [3.63, 3.8) is 0 Å². The quantitative estimate of drug-likeness (QED) is 0.0274. The summed E-state index contributed by atoms with van der Waals surface area (Å²) in [5.74, 6) is -1.35. The van der Waals surface area contributed by atoms with Crippen LogP contribution in [0.5, 0.6) is 0 Å². The van der Waals surface area contributed by atoms with Gasteiger partial charge in [-0.1, -0.05) is 174 Å². The van der Waals surface area contributed by atoms with Gasteiger partial charge in [-0.3, -0.25) is 27.8 Å². The van der Waals surface area contributed by atoms with Gasteiger partial charge in [-0.05, 0) is 12.8 Å². The van der Waals surface area contributed by atoms with Gasteiger partial charge in [0.2, 0.25) is 11.8 Å². The predicted octanol–water partition coefficient (Wildman–Crippen LogP) is 6.67. The molecule has 1 aliphatic rings. The molecule has 0 aromatic heterocycles. The summed E-state index contributed by atoms with van der Waals surface area (Å²) in [5.41, 5.74) is 0. The lowest BCUT2D eigenvalue weighted by Gasteiger charge is -2.43. The van der Waals surface area contributed by atoms with E-state index in [9.17, 15) is 56.9 Å². The summed E-state index contributed by atoms with van der Waals surface area (Å²) < 4.78 is 160. The summed E-state index contributed by atoms with van der Waals surface area (Å²) in [6.45, 7) is 2.18. The summed E-state index contributed by atoms with van der Waals surface area (Å²) in [7, 11) is -22.5. The van der Waals surface area contributed by atoms with E-state index in [1.807, 2.05) is 0 Å². The minimum Gasteiger partial charge on any atom is -0.354 e. The molecule has 0 radical (unpaired) electrons. The molecule has 2 amide bonds. The monoisotopic (exact) mass is 1050 g/mol. The predicted molar refractivity (Wildman–Crippen MR) is 247 cm³/mol. The Kier molecular flexibility index (Phi) is 33.5. The molecule has 0 unspecified atom stereocenters. The van der Waals surface area contributed by atoms with Crippen LogP contribution in [0.4, 0.5) is 0 Å². The summed E-state index contributed by atoms with van der Waals surface area (Å²) in [6.07, 6.45) is 16.7. The number of unbranched alkanes of at least 4 members (excludes halogenated alkanes) is 25. The number of amides is 2. The molecule has 0 aliphatic carbocycles. The van der Waals surface area contributed by atoms with E-state index in [0.717, 1.165) is 64.2 Å². The van der Waals surface area contributed by atoms with Gasteiger partial charge in [0, 0.05) is 13.0 Å². The summed E-state index contributed by atoms with van der Waals surface area (Å²) in [6, 6.07) is -1.56. The fourth-order valence-corrected chi connectivity index (χ4v) is 9.45. The molecule has 1 aliphatic heterocycles. The Balaban J connectivity index is 3.05. The third-order valence-corrected chi connectivity index (χ3v) is 12.9. The molecule has 22 nitrogen and oxygen atoms in total. The van der Waals surface area contributed by atoms with Gasteiger partial charge in [-0.25, -0.2) is 16.7 Å². The van der Waals surface area contributed by atoms with Crippen LogP contribution in [-0.4, -0.2) is 120 Å². The van der Waals surface area contributed by atoms with Crippen LogP contribution < -0.4 is 10.6 Å². The molecule has 1 heterocycles. The molecule has 0 bridgehead atoms. The number of nitrogens with one attached hydrogen (secondary N) is 2. The zero-order chi connectivity index (χ0) is 50.2. The number of carbonyl (C=O) groups is 2. The molecule has 0 aromatic carbocycles. The third kappa shape index (κ3) is 35.2. The van der Waals surface area contributed by atoms with E-state index in [1.54, 1.807) is 0 Å². The highest BCUT2D eigenvalue weighted by Crippen LogP contribution is 2.32. The van der Waals surface area contributed by atoms with Crippen molar-refractivity contribution < 1.29 is 87.7 Å². The van der Waals surface area contributed by atoms with E-state index in [2.05, 4.69) is 41.2 Å². The Morgan fingerprint density at radius 3 is 1.28 bits per heavy atom. The van der Waals surface area contributed by atoms with Gasteiger partial charge >= 0.3 is 41.6 Å². The van der Waals surface area contributed by atoms with Crippen molar-refractivity contribution in [2.24, 2.45) is 0 Å². The molecule has 0 spiro atoms. The molecule has 6 atom stereocenters. The minimum absolute atomic E-state index is 0.00314. The fraction of sp³-hybridized carbons (Fsp3) is 0.951. The van der Waals surface area contributed by atoms with Crippen LogP contribution in [0.1, 0.15) is 194 Å². The van der Waals surface area contributed by atoms with Crippen molar-refractivity contribution in [3.8, 4) is 0 Å². The Labute approximate surface area is 400 Å². The van der Waals surface area contributed by atoms with Crippen LogP contribution in [-0.2, 0) is 77.4 Å². The molecular weight excluding hydrogens is 969 g/mol. The van der Waals surface area contributed by atoms with Gasteiger partial charge < -0.3 is 20.1 Å². The highest BCUT2D eigenvalue weighted by atomic mass is 32.3. The molecule has 0 aromatic rings. The van der Waals surface area contributed by atoms with Crippen LogP contribution in [0.2, 0.25) is 0 Å². The van der Waals surface area contributed by atoms with Gasteiger partial charge in [-0.15, -0.1) is 0 Å². The first-order valence-corrected chi connectivity index (χ1v) is 29.4. The number of hydrogen-bond acceptors (Lipinski definition) is 16. The molecule has 0 saturated carbocycles. The standard InChI is InChI=1S/C41H80N2O20S4/c1-3-5-7-9-11-13-15-17-18-19-20-22-24-26-28-30-36(44)43-34(40(45)42-31-29-27-25-23-21-16-14-12-10-8-6-4-2)32-58-41-39(63-67(55,56)57)38(62-66(52,53)54)37(61-65(49,50)51)35(60-41)33-59-64(46,47)48/h34-35,37-39,41H,3-33H2,1-2H3,(H,42,45)(H,43,44)(H,46,47,48)(H,49,50,51)(H,52,53,54)(H,55,56,57)/t34-,35+,37+,38-,39+,41+/m0/s1. The Hall–Kier alpha value is -1.66. The Morgan fingerprint density at radius 1 is 0.507 bits per heavy atom. The first-order chi connectivity index (χ1) is 31.5. The van der Waals surface area contributed by atoms with E-state index in [-0.39, 0.29) is 13.0 Å². The molecule has 1 rings (SSSR count). The van der Waals surface area contributed by atoms with Crippen LogP contribution in [0.25, 0.3) is 0 Å². The van der Waals surface area contributed by atoms with E-state index in [4.69, 9.17) is 14.0 Å². The van der Waals surface area contributed by atoms with Crippen molar-refractivity contribution in [1.29, 1.82) is 0 Å². The zero-order valence-electron chi connectivity index (χ0n) is 39.3.